The van der Waals surface area contributed by atoms with Crippen molar-refractivity contribution in [1.82, 2.24) is 4.90 Å². The van der Waals surface area contributed by atoms with Crippen molar-refractivity contribution in [2.45, 2.75) is 18.9 Å². The average Bonchev–Trinajstić information content (AvgIpc) is 3.67. The molecule has 1 heterocycles. The summed E-state index contributed by atoms with van der Waals surface area (Å²) < 4.78 is 4.72. The van der Waals surface area contributed by atoms with E-state index in [1.165, 1.54) is 12.0 Å². The Hall–Kier alpha value is -3.74. The lowest BCUT2D eigenvalue weighted by Crippen LogP contribution is -2.49. The van der Waals surface area contributed by atoms with E-state index in [4.69, 9.17) is 4.74 Å². The minimum absolute atomic E-state index is 0.0998. The van der Waals surface area contributed by atoms with Crippen molar-refractivity contribution in [2.24, 2.45) is 35.5 Å². The summed E-state index contributed by atoms with van der Waals surface area (Å²) in [5.41, 5.74) is 1.70. The first-order valence-corrected chi connectivity index (χ1v) is 12.1. The number of nitrogens with zero attached hydrogens (tertiary/aromatic N) is 1. The summed E-state index contributed by atoms with van der Waals surface area (Å²) in [6.07, 6.45) is 5.58. The lowest BCUT2D eigenvalue weighted by Gasteiger charge is -2.37. The number of amides is 3. The van der Waals surface area contributed by atoms with E-state index >= 15 is 0 Å². The Labute approximate surface area is 203 Å². The number of methoxy groups -OCH3 is 1. The number of benzene rings is 2. The van der Waals surface area contributed by atoms with Crippen molar-refractivity contribution in [3.05, 3.63) is 77.9 Å². The molecule has 0 radical (unpaired) electrons. The maximum atomic E-state index is 13.7. The first-order valence-electron chi connectivity index (χ1n) is 12.1. The molecule has 1 saturated heterocycles. The Morgan fingerprint density at radius 1 is 0.943 bits per heavy atom. The minimum Gasteiger partial charge on any atom is -0.465 e. The summed E-state index contributed by atoms with van der Waals surface area (Å²) >= 11 is 0. The van der Waals surface area contributed by atoms with Gasteiger partial charge in [-0.3, -0.25) is 19.3 Å². The van der Waals surface area contributed by atoms with Crippen LogP contribution in [0.5, 0.6) is 0 Å². The number of esters is 1. The summed E-state index contributed by atoms with van der Waals surface area (Å²) in [5.74, 6) is -0.852. The Kier molecular flexibility index (Phi) is 5.09. The number of carbonyl (C=O) groups is 4. The van der Waals surface area contributed by atoms with Crippen molar-refractivity contribution in [3.63, 3.8) is 0 Å². The first kappa shape index (κ1) is 21.8. The summed E-state index contributed by atoms with van der Waals surface area (Å²) in [4.78, 5) is 53.9. The van der Waals surface area contributed by atoms with Gasteiger partial charge in [-0.1, -0.05) is 42.5 Å². The SMILES string of the molecule is COC(=O)c1ccc(NC(=O)[C@H](Cc2ccccc2)N2C(=O)[C@@H]3[C@H]4C=C[C@@H]([C@@H]5C[C@H]45)[C@H]3C2=O)cc1. The Morgan fingerprint density at radius 3 is 2.11 bits per heavy atom. The van der Waals surface area contributed by atoms with Crippen LogP contribution in [0, 0.1) is 35.5 Å². The highest BCUT2D eigenvalue weighted by Gasteiger charge is 2.67. The van der Waals surface area contributed by atoms with Gasteiger partial charge < -0.3 is 10.1 Å². The maximum Gasteiger partial charge on any atom is 0.337 e. The number of hydrogen-bond donors (Lipinski definition) is 1. The second-order valence-corrected chi connectivity index (χ2v) is 9.96. The molecule has 7 atom stereocenters. The lowest BCUT2D eigenvalue weighted by molar-refractivity contribution is -0.146. The Bertz CT molecular complexity index is 1200. The lowest BCUT2D eigenvalue weighted by atomic mass is 9.63. The predicted molar refractivity (Wildman–Crippen MR) is 127 cm³/mol. The number of anilines is 1. The zero-order valence-corrected chi connectivity index (χ0v) is 19.3. The number of likely N-dealkylation sites (tertiary alicyclic amines) is 1. The molecule has 2 aromatic rings. The fraction of sp³-hybridized carbons (Fsp3) is 0.357. The summed E-state index contributed by atoms with van der Waals surface area (Å²) in [6, 6.07) is 14.8. The quantitative estimate of drug-likeness (QED) is 0.398. The van der Waals surface area contributed by atoms with Gasteiger partial charge in [0.2, 0.25) is 17.7 Å². The first-order chi connectivity index (χ1) is 17.0. The molecule has 2 bridgehead atoms. The van der Waals surface area contributed by atoms with Crippen molar-refractivity contribution in [2.75, 3.05) is 12.4 Å². The molecule has 35 heavy (non-hydrogen) atoms. The van der Waals surface area contributed by atoms with Crippen LogP contribution in [0.3, 0.4) is 0 Å². The number of carbonyl (C=O) groups excluding carboxylic acids is 4. The molecule has 3 fully saturated rings. The zero-order valence-electron chi connectivity index (χ0n) is 19.3. The van der Waals surface area contributed by atoms with Gasteiger partial charge in [0.15, 0.2) is 0 Å². The van der Waals surface area contributed by atoms with Crippen LogP contribution >= 0.6 is 0 Å². The van der Waals surface area contributed by atoms with E-state index in [1.54, 1.807) is 24.3 Å². The molecule has 7 rings (SSSR count). The van der Waals surface area contributed by atoms with Crippen LogP contribution in [0.4, 0.5) is 5.69 Å². The number of hydrogen-bond acceptors (Lipinski definition) is 5. The van der Waals surface area contributed by atoms with Crippen LogP contribution < -0.4 is 5.32 Å². The van der Waals surface area contributed by atoms with Gasteiger partial charge in [-0.2, -0.15) is 0 Å². The molecule has 7 heteroatoms. The van der Waals surface area contributed by atoms with E-state index in [9.17, 15) is 19.2 Å². The predicted octanol–water partition coefficient (Wildman–Crippen LogP) is 3.08. The molecule has 0 aromatic heterocycles. The Morgan fingerprint density at radius 2 is 1.54 bits per heavy atom. The van der Waals surface area contributed by atoms with Gasteiger partial charge in [0.1, 0.15) is 6.04 Å². The van der Waals surface area contributed by atoms with Crippen LogP contribution in [0.25, 0.3) is 0 Å². The molecule has 0 unspecified atom stereocenters. The highest BCUT2D eigenvalue weighted by molar-refractivity contribution is 6.10. The van der Waals surface area contributed by atoms with Crippen molar-refractivity contribution in [1.29, 1.82) is 0 Å². The molecule has 0 spiro atoms. The molecule has 7 nitrogen and oxygen atoms in total. The largest absolute Gasteiger partial charge is 0.465 e. The van der Waals surface area contributed by atoms with E-state index in [1.807, 2.05) is 30.3 Å². The third-order valence-electron chi connectivity index (χ3n) is 8.16. The molecular weight excluding hydrogens is 444 g/mol. The number of nitrogens with one attached hydrogen (secondary N) is 1. The molecule has 2 aromatic carbocycles. The van der Waals surface area contributed by atoms with Crippen molar-refractivity contribution < 1.29 is 23.9 Å². The third-order valence-corrected chi connectivity index (χ3v) is 8.16. The van der Waals surface area contributed by atoms with E-state index in [0.29, 0.717) is 23.1 Å². The highest BCUT2D eigenvalue weighted by Crippen LogP contribution is 2.65. The van der Waals surface area contributed by atoms with Crippen LogP contribution in [-0.2, 0) is 25.5 Å². The van der Waals surface area contributed by atoms with Gasteiger partial charge in [-0.05, 0) is 59.9 Å². The Balaban J connectivity index is 1.29. The summed E-state index contributed by atoms with van der Waals surface area (Å²) in [7, 11) is 1.30. The fourth-order valence-corrected chi connectivity index (χ4v) is 6.46. The molecule has 2 saturated carbocycles. The van der Waals surface area contributed by atoms with E-state index in [0.717, 1.165) is 12.0 Å². The van der Waals surface area contributed by atoms with Crippen LogP contribution in [0.1, 0.15) is 22.3 Å². The van der Waals surface area contributed by atoms with Gasteiger partial charge in [-0.15, -0.1) is 0 Å². The highest BCUT2D eigenvalue weighted by atomic mass is 16.5. The van der Waals surface area contributed by atoms with Crippen LogP contribution in [-0.4, -0.2) is 41.7 Å². The number of allylic oxidation sites excluding steroid dienone is 2. The molecule has 4 aliphatic carbocycles. The van der Waals surface area contributed by atoms with Gasteiger partial charge in [0, 0.05) is 12.1 Å². The normalized spacial score (nSPS) is 30.5. The topological polar surface area (TPSA) is 92.8 Å². The summed E-state index contributed by atoms with van der Waals surface area (Å²) in [6.45, 7) is 0. The maximum absolute atomic E-state index is 13.7. The molecule has 3 amide bonds. The molecular formula is C28H26N2O5. The number of ether oxygens (including phenoxy) is 1. The standard InChI is InChI=1S/C28H26N2O5/c1-35-28(34)16-7-9-17(10-8-16)29-25(31)22(13-15-5-3-2-4-6-15)30-26(32)23-18-11-12-19(21-14-20(18)21)24(23)27(30)33/h2-12,18-24H,13-14H2,1H3,(H,29,31)/t18-,19-,20-,21+,22-,23+,24+/m0/s1. The monoisotopic (exact) mass is 470 g/mol. The van der Waals surface area contributed by atoms with Crippen LogP contribution in [0.15, 0.2) is 66.7 Å². The van der Waals surface area contributed by atoms with Gasteiger partial charge in [0.25, 0.3) is 0 Å². The fourth-order valence-electron chi connectivity index (χ4n) is 6.46. The average molecular weight is 471 g/mol. The molecule has 1 N–H and O–H groups in total. The van der Waals surface area contributed by atoms with Crippen LogP contribution in [0.2, 0.25) is 0 Å². The van der Waals surface area contributed by atoms with E-state index < -0.39 is 17.9 Å². The van der Waals surface area contributed by atoms with Gasteiger partial charge >= 0.3 is 5.97 Å². The smallest absolute Gasteiger partial charge is 0.337 e. The van der Waals surface area contributed by atoms with E-state index in [2.05, 4.69) is 17.5 Å². The van der Waals surface area contributed by atoms with Gasteiger partial charge in [0.05, 0.1) is 24.5 Å². The van der Waals surface area contributed by atoms with E-state index in [-0.39, 0.29) is 41.9 Å². The zero-order chi connectivity index (χ0) is 24.3. The number of imide groups is 1. The molecule has 1 aliphatic heterocycles. The minimum atomic E-state index is -0.959. The number of rotatable bonds is 6. The molecule has 178 valence electrons. The summed E-state index contributed by atoms with van der Waals surface area (Å²) in [5, 5.41) is 2.85. The molecule has 5 aliphatic rings. The second kappa shape index (κ2) is 8.18. The van der Waals surface area contributed by atoms with Crippen molar-refractivity contribution >= 4 is 29.4 Å². The second-order valence-electron chi connectivity index (χ2n) is 9.96. The third kappa shape index (κ3) is 3.49. The van der Waals surface area contributed by atoms with Crippen molar-refractivity contribution in [3.8, 4) is 0 Å². The van der Waals surface area contributed by atoms with Gasteiger partial charge in [-0.25, -0.2) is 4.79 Å².